The molecule has 8 heteroatoms. The van der Waals surface area contributed by atoms with Crippen LogP contribution in [0.2, 0.25) is 0 Å². The van der Waals surface area contributed by atoms with Crippen LogP contribution in [0.4, 0.5) is 0 Å². The van der Waals surface area contributed by atoms with Gasteiger partial charge in [0, 0.05) is 12.5 Å². The molecule has 0 aliphatic heterocycles. The third kappa shape index (κ3) is 3.37. The van der Waals surface area contributed by atoms with Gasteiger partial charge in [-0.25, -0.2) is 0 Å². The maximum atomic E-state index is 12.7. The fraction of sp³-hybridized carbons (Fsp3) is 0.100. The van der Waals surface area contributed by atoms with Crippen LogP contribution in [0.15, 0.2) is 53.3 Å². The highest BCUT2D eigenvalue weighted by atomic mass is 32.1. The van der Waals surface area contributed by atoms with E-state index in [0.717, 1.165) is 11.1 Å². The Labute approximate surface area is 163 Å². The van der Waals surface area contributed by atoms with Crippen molar-refractivity contribution in [2.45, 2.75) is 6.92 Å². The summed E-state index contributed by atoms with van der Waals surface area (Å²) < 4.78 is 12.2. The monoisotopic (exact) mass is 393 g/mol. The molecular formula is C20H15N3O4S. The molecule has 0 aliphatic rings. The van der Waals surface area contributed by atoms with Crippen molar-refractivity contribution in [2.24, 2.45) is 0 Å². The van der Waals surface area contributed by atoms with Gasteiger partial charge < -0.3 is 9.47 Å². The quantitative estimate of drug-likeness (QED) is 0.391. The average Bonchev–Trinajstić information content (AvgIpc) is 3.23. The molecule has 2 aromatic heterocycles. The molecule has 0 radical (unpaired) electrons. The highest BCUT2D eigenvalue weighted by Gasteiger charge is 2.12. The van der Waals surface area contributed by atoms with Crippen LogP contribution in [0.3, 0.4) is 0 Å². The number of carbonyl (C=O) groups is 1. The van der Waals surface area contributed by atoms with Gasteiger partial charge in [-0.3, -0.25) is 9.59 Å². The molecule has 7 nitrogen and oxygen atoms in total. The molecule has 28 heavy (non-hydrogen) atoms. The molecule has 0 fully saturated rings. The first-order valence-electron chi connectivity index (χ1n) is 8.38. The summed E-state index contributed by atoms with van der Waals surface area (Å²) >= 11 is 1.26. The second kappa shape index (κ2) is 7.24. The Morgan fingerprint density at radius 2 is 1.93 bits per heavy atom. The molecule has 0 unspecified atom stereocenters. The minimum Gasteiger partial charge on any atom is -0.493 e. The van der Waals surface area contributed by atoms with Crippen LogP contribution in [0.5, 0.6) is 11.5 Å². The van der Waals surface area contributed by atoms with Gasteiger partial charge in [0.2, 0.25) is 4.96 Å². The predicted molar refractivity (Wildman–Crippen MR) is 106 cm³/mol. The molecule has 4 aromatic rings. The van der Waals surface area contributed by atoms with E-state index < -0.39 is 5.97 Å². The van der Waals surface area contributed by atoms with Gasteiger partial charge in [-0.05, 0) is 23.8 Å². The number of carbonyl (C=O) groups excluding carboxylic acids is 1. The Hall–Kier alpha value is -3.52. The number of hydrogen-bond acceptors (Lipinski definition) is 7. The number of nitrogens with zero attached hydrogens (tertiary/aromatic N) is 3. The maximum Gasteiger partial charge on any atom is 0.308 e. The van der Waals surface area contributed by atoms with E-state index in [9.17, 15) is 9.59 Å². The molecule has 0 atom stereocenters. The molecule has 0 bridgehead atoms. The van der Waals surface area contributed by atoms with E-state index in [1.807, 2.05) is 30.3 Å². The first kappa shape index (κ1) is 17.9. The number of rotatable bonds is 4. The Balaban J connectivity index is 1.74. The number of ether oxygens (including phenoxy) is 2. The van der Waals surface area contributed by atoms with Crippen LogP contribution in [0.25, 0.3) is 22.4 Å². The first-order valence-corrected chi connectivity index (χ1v) is 9.20. The van der Waals surface area contributed by atoms with E-state index in [1.54, 1.807) is 24.3 Å². The molecule has 0 aliphatic carbocycles. The lowest BCUT2D eigenvalue weighted by molar-refractivity contribution is -0.132. The summed E-state index contributed by atoms with van der Waals surface area (Å²) in [5, 5.41) is 4.33. The third-order valence-corrected chi connectivity index (χ3v) is 4.91. The van der Waals surface area contributed by atoms with Crippen molar-refractivity contribution in [1.82, 2.24) is 14.6 Å². The predicted octanol–water partition coefficient (Wildman–Crippen LogP) is 2.30. The Kier molecular flexibility index (Phi) is 4.62. The van der Waals surface area contributed by atoms with Crippen molar-refractivity contribution in [3.8, 4) is 22.9 Å². The van der Waals surface area contributed by atoms with Crippen LogP contribution >= 0.6 is 11.3 Å². The van der Waals surface area contributed by atoms with Crippen LogP contribution in [0.1, 0.15) is 12.5 Å². The van der Waals surface area contributed by atoms with E-state index in [4.69, 9.17) is 9.47 Å². The second-order valence-corrected chi connectivity index (χ2v) is 6.92. The smallest absolute Gasteiger partial charge is 0.308 e. The average molecular weight is 393 g/mol. The zero-order valence-corrected chi connectivity index (χ0v) is 15.9. The summed E-state index contributed by atoms with van der Waals surface area (Å²) in [6.45, 7) is 1.32. The standard InChI is InChI=1S/C20H15N3O4S/c1-12(24)27-15-9-8-13(10-16(15)26-2)11-17-19(25)23-20(28-17)21-18(22-23)14-6-4-3-5-7-14/h3-11H,1-2H3/b17-11+. The van der Waals surface area contributed by atoms with Gasteiger partial charge >= 0.3 is 5.97 Å². The maximum absolute atomic E-state index is 12.7. The number of esters is 1. The van der Waals surface area contributed by atoms with Gasteiger partial charge in [-0.1, -0.05) is 47.7 Å². The van der Waals surface area contributed by atoms with E-state index in [0.29, 0.717) is 26.8 Å². The van der Waals surface area contributed by atoms with Crippen LogP contribution in [-0.2, 0) is 4.79 Å². The number of aromatic nitrogens is 3. The van der Waals surface area contributed by atoms with Gasteiger partial charge in [0.05, 0.1) is 11.6 Å². The normalized spacial score (nSPS) is 11.7. The highest BCUT2D eigenvalue weighted by Crippen LogP contribution is 2.28. The van der Waals surface area contributed by atoms with Crippen molar-refractivity contribution < 1.29 is 14.3 Å². The van der Waals surface area contributed by atoms with Crippen LogP contribution in [0, 0.1) is 0 Å². The Morgan fingerprint density at radius 1 is 1.14 bits per heavy atom. The number of thiazole rings is 1. The largest absolute Gasteiger partial charge is 0.493 e. The van der Waals surface area contributed by atoms with E-state index in [1.165, 1.54) is 29.9 Å². The van der Waals surface area contributed by atoms with Gasteiger partial charge in [0.25, 0.3) is 5.56 Å². The van der Waals surface area contributed by atoms with E-state index in [2.05, 4.69) is 10.1 Å². The van der Waals surface area contributed by atoms with Crippen molar-refractivity contribution in [3.05, 3.63) is 69.0 Å². The van der Waals surface area contributed by atoms with Crippen molar-refractivity contribution in [2.75, 3.05) is 7.11 Å². The van der Waals surface area contributed by atoms with Gasteiger partial charge in [-0.15, -0.1) is 5.10 Å². The van der Waals surface area contributed by atoms with Gasteiger partial charge in [0.1, 0.15) is 0 Å². The molecule has 0 saturated carbocycles. The SMILES string of the molecule is COc1cc(/C=c2/sc3nc(-c4ccccc4)nn3c2=O)ccc1OC(C)=O. The minimum atomic E-state index is -0.434. The van der Waals surface area contributed by atoms with Gasteiger partial charge in [0.15, 0.2) is 17.3 Å². The summed E-state index contributed by atoms with van der Waals surface area (Å²) in [6, 6.07) is 14.6. The summed E-state index contributed by atoms with van der Waals surface area (Å²) in [5.41, 5.74) is 1.35. The molecule has 140 valence electrons. The Morgan fingerprint density at radius 3 is 2.61 bits per heavy atom. The number of benzene rings is 2. The van der Waals surface area contributed by atoms with Crippen molar-refractivity contribution in [3.63, 3.8) is 0 Å². The number of fused-ring (bicyclic) bond motifs is 1. The molecule has 2 aromatic carbocycles. The molecular weight excluding hydrogens is 378 g/mol. The van der Waals surface area contributed by atoms with Crippen molar-refractivity contribution >= 4 is 28.3 Å². The Bertz CT molecular complexity index is 1280. The summed E-state index contributed by atoms with van der Waals surface area (Å²) in [6.07, 6.45) is 1.73. The second-order valence-electron chi connectivity index (χ2n) is 5.92. The van der Waals surface area contributed by atoms with Crippen molar-refractivity contribution in [1.29, 1.82) is 0 Å². The number of hydrogen-bond donors (Lipinski definition) is 0. The fourth-order valence-corrected chi connectivity index (χ4v) is 3.62. The molecule has 2 heterocycles. The van der Waals surface area contributed by atoms with Crippen LogP contribution < -0.4 is 19.6 Å². The number of methoxy groups -OCH3 is 1. The summed E-state index contributed by atoms with van der Waals surface area (Å²) in [4.78, 5) is 28.8. The van der Waals surface area contributed by atoms with Crippen LogP contribution in [-0.4, -0.2) is 27.7 Å². The highest BCUT2D eigenvalue weighted by molar-refractivity contribution is 7.15. The lowest BCUT2D eigenvalue weighted by atomic mass is 10.2. The summed E-state index contributed by atoms with van der Waals surface area (Å²) in [5.74, 6) is 0.812. The lowest BCUT2D eigenvalue weighted by Gasteiger charge is -2.08. The topological polar surface area (TPSA) is 82.8 Å². The third-order valence-electron chi connectivity index (χ3n) is 3.95. The molecule has 0 spiro atoms. The van der Waals surface area contributed by atoms with E-state index >= 15 is 0 Å². The molecule has 0 amide bonds. The summed E-state index contributed by atoms with van der Waals surface area (Å²) in [7, 11) is 1.49. The fourth-order valence-electron chi connectivity index (χ4n) is 2.71. The first-order chi connectivity index (χ1) is 13.5. The molecule has 0 saturated heterocycles. The zero-order chi connectivity index (χ0) is 19.7. The zero-order valence-electron chi connectivity index (χ0n) is 15.1. The van der Waals surface area contributed by atoms with E-state index in [-0.39, 0.29) is 5.56 Å². The minimum absolute atomic E-state index is 0.238. The lowest BCUT2D eigenvalue weighted by Crippen LogP contribution is -2.23. The van der Waals surface area contributed by atoms with Gasteiger partial charge in [-0.2, -0.15) is 9.50 Å². The molecule has 4 rings (SSSR count). The molecule has 0 N–H and O–H groups in total.